The molecule has 1 saturated heterocycles. The molecule has 8 nitrogen and oxygen atoms in total. The third-order valence-electron chi connectivity index (χ3n) is 3.80. The average Bonchev–Trinajstić information content (AvgIpc) is 2.61. The summed E-state index contributed by atoms with van der Waals surface area (Å²) >= 11 is 0. The molecule has 27 heavy (non-hydrogen) atoms. The number of ether oxygens (including phenoxy) is 2. The molecule has 2 heterocycles. The summed E-state index contributed by atoms with van der Waals surface area (Å²) in [6, 6.07) is 4.74. The molecule has 1 aromatic rings. The van der Waals surface area contributed by atoms with Crippen molar-refractivity contribution in [2.45, 2.75) is 24.0 Å². The summed E-state index contributed by atoms with van der Waals surface area (Å²) in [6.07, 6.45) is -5.08. The van der Waals surface area contributed by atoms with Crippen molar-refractivity contribution < 1.29 is 41.0 Å². The van der Waals surface area contributed by atoms with E-state index in [1.807, 2.05) is 6.92 Å². The molecule has 0 amide bonds. The van der Waals surface area contributed by atoms with Crippen LogP contribution >= 0.6 is 0 Å². The highest BCUT2D eigenvalue weighted by atomic mass is 32.2. The summed E-state index contributed by atoms with van der Waals surface area (Å²) in [5.74, 6) is -1.66. The molecule has 0 aromatic heterocycles. The largest absolute Gasteiger partial charge is 0.490 e. The molecule has 152 valence electrons. The lowest BCUT2D eigenvalue weighted by atomic mass is 10.3. The molecule has 2 aliphatic rings. The summed E-state index contributed by atoms with van der Waals surface area (Å²) in [6.45, 7) is 4.67. The van der Waals surface area contributed by atoms with E-state index in [1.165, 1.54) is 4.31 Å². The van der Waals surface area contributed by atoms with E-state index >= 15 is 0 Å². The third kappa shape index (κ3) is 5.23. The Morgan fingerprint density at radius 1 is 1.26 bits per heavy atom. The van der Waals surface area contributed by atoms with Crippen LogP contribution in [0.25, 0.3) is 0 Å². The number of fused-ring (bicyclic) bond motifs is 1. The Morgan fingerprint density at radius 3 is 2.41 bits per heavy atom. The van der Waals surface area contributed by atoms with Gasteiger partial charge in [0.2, 0.25) is 10.0 Å². The van der Waals surface area contributed by atoms with E-state index in [0.29, 0.717) is 44.3 Å². The first-order valence-electron chi connectivity index (χ1n) is 7.96. The zero-order valence-corrected chi connectivity index (χ0v) is 15.1. The van der Waals surface area contributed by atoms with E-state index in [2.05, 4.69) is 5.32 Å². The Bertz CT molecular complexity index is 784. The number of piperazine rings is 1. The molecule has 0 radical (unpaired) electrons. The monoisotopic (exact) mass is 412 g/mol. The van der Waals surface area contributed by atoms with Gasteiger partial charge in [-0.1, -0.05) is 0 Å². The van der Waals surface area contributed by atoms with Gasteiger partial charge in [0.05, 0.1) is 4.90 Å². The molecule has 0 bridgehead atoms. The maximum Gasteiger partial charge on any atom is 0.490 e. The van der Waals surface area contributed by atoms with E-state index in [4.69, 9.17) is 19.4 Å². The molecular formula is C15H19F3N2O6S. The number of nitrogens with one attached hydrogen (secondary N) is 1. The van der Waals surface area contributed by atoms with Gasteiger partial charge in [0.15, 0.2) is 11.5 Å². The van der Waals surface area contributed by atoms with Crippen molar-refractivity contribution >= 4 is 16.0 Å². The van der Waals surface area contributed by atoms with E-state index in [1.54, 1.807) is 18.2 Å². The predicted octanol–water partition coefficient (Wildman–Crippen LogP) is 1.07. The molecule has 2 N–H and O–H groups in total. The first-order valence-corrected chi connectivity index (χ1v) is 9.40. The van der Waals surface area contributed by atoms with Crippen molar-refractivity contribution in [3.8, 4) is 11.5 Å². The topological polar surface area (TPSA) is 105 Å². The second-order valence-electron chi connectivity index (χ2n) is 5.78. The zero-order valence-electron chi connectivity index (χ0n) is 14.3. The summed E-state index contributed by atoms with van der Waals surface area (Å²) in [4.78, 5) is 9.16. The van der Waals surface area contributed by atoms with Crippen molar-refractivity contribution in [1.29, 1.82) is 0 Å². The number of halogens is 3. The van der Waals surface area contributed by atoms with Gasteiger partial charge in [0, 0.05) is 31.7 Å². The van der Waals surface area contributed by atoms with Crippen LogP contribution in [0.1, 0.15) is 6.92 Å². The zero-order chi connectivity index (χ0) is 20.2. The fourth-order valence-electron chi connectivity index (χ4n) is 2.50. The van der Waals surface area contributed by atoms with Gasteiger partial charge in [0.1, 0.15) is 13.2 Å². The van der Waals surface area contributed by atoms with E-state index in [9.17, 15) is 21.6 Å². The second kappa shape index (κ2) is 8.31. The molecule has 0 unspecified atom stereocenters. The van der Waals surface area contributed by atoms with E-state index in [-0.39, 0.29) is 10.9 Å². The predicted molar refractivity (Wildman–Crippen MR) is 87.3 cm³/mol. The molecular weight excluding hydrogens is 393 g/mol. The maximum absolute atomic E-state index is 12.7. The standard InChI is InChI=1S/C13H18N2O4S.C2HF3O2/c1-10-9-14-4-5-15(10)20(16,17)11-2-3-12-13(8-11)19-7-6-18-12;3-2(4,5)1(6)7/h2-3,8,10,14H,4-7,9H2,1H3;(H,6,7)/t10-;/m0./s1. The SMILES string of the molecule is C[C@H]1CNCCN1S(=O)(=O)c1ccc2c(c1)OCCO2.O=C(O)C(F)(F)F. The number of carbonyl (C=O) groups is 1. The quantitative estimate of drug-likeness (QED) is 0.749. The smallest absolute Gasteiger partial charge is 0.486 e. The highest BCUT2D eigenvalue weighted by Crippen LogP contribution is 2.33. The van der Waals surface area contributed by atoms with E-state index < -0.39 is 22.2 Å². The molecule has 2 aliphatic heterocycles. The van der Waals surface area contributed by atoms with Crippen LogP contribution < -0.4 is 14.8 Å². The summed E-state index contributed by atoms with van der Waals surface area (Å²) in [5, 5.41) is 10.3. The first kappa shape index (κ1) is 21.3. The van der Waals surface area contributed by atoms with Gasteiger partial charge < -0.3 is 19.9 Å². The first-order chi connectivity index (χ1) is 12.5. The second-order valence-corrected chi connectivity index (χ2v) is 7.67. The molecule has 12 heteroatoms. The minimum Gasteiger partial charge on any atom is -0.486 e. The number of carboxylic acids is 1. The minimum absolute atomic E-state index is 0.0537. The van der Waals surface area contributed by atoms with Crippen molar-refractivity contribution in [3.63, 3.8) is 0 Å². The lowest BCUT2D eigenvalue weighted by Gasteiger charge is -2.33. The number of sulfonamides is 1. The summed E-state index contributed by atoms with van der Waals surface area (Å²) in [5.41, 5.74) is 0. The van der Waals surface area contributed by atoms with Crippen LogP contribution in [0.4, 0.5) is 13.2 Å². The van der Waals surface area contributed by atoms with Gasteiger partial charge in [-0.05, 0) is 19.1 Å². The molecule has 0 saturated carbocycles. The van der Waals surface area contributed by atoms with Crippen LogP contribution in [-0.2, 0) is 14.8 Å². The molecule has 0 aliphatic carbocycles. The number of benzene rings is 1. The molecule has 1 atom stereocenters. The Kier molecular flexibility index (Phi) is 6.54. The van der Waals surface area contributed by atoms with Crippen molar-refractivity contribution in [1.82, 2.24) is 9.62 Å². The lowest BCUT2D eigenvalue weighted by Crippen LogP contribution is -2.52. The molecule has 3 rings (SSSR count). The van der Waals surface area contributed by atoms with Crippen LogP contribution in [0.5, 0.6) is 11.5 Å². The maximum atomic E-state index is 12.7. The highest BCUT2D eigenvalue weighted by Gasteiger charge is 2.38. The highest BCUT2D eigenvalue weighted by molar-refractivity contribution is 7.89. The van der Waals surface area contributed by atoms with Gasteiger partial charge in [-0.2, -0.15) is 17.5 Å². The third-order valence-corrected chi connectivity index (χ3v) is 5.81. The van der Waals surface area contributed by atoms with Gasteiger partial charge in [-0.15, -0.1) is 0 Å². The van der Waals surface area contributed by atoms with Crippen molar-refractivity contribution in [3.05, 3.63) is 18.2 Å². The summed E-state index contributed by atoms with van der Waals surface area (Å²) in [7, 11) is -3.49. The Balaban J connectivity index is 0.000000321. The molecule has 1 aromatic carbocycles. The molecule has 1 fully saturated rings. The number of rotatable bonds is 2. The van der Waals surface area contributed by atoms with Crippen LogP contribution in [0.2, 0.25) is 0 Å². The Labute approximate surface area is 153 Å². The van der Waals surface area contributed by atoms with Gasteiger partial charge >= 0.3 is 12.1 Å². The number of nitrogens with zero attached hydrogens (tertiary/aromatic N) is 1. The average molecular weight is 412 g/mol. The fraction of sp³-hybridized carbons (Fsp3) is 0.533. The van der Waals surface area contributed by atoms with Gasteiger partial charge in [0.25, 0.3) is 0 Å². The van der Waals surface area contributed by atoms with E-state index in [0.717, 1.165) is 0 Å². The van der Waals surface area contributed by atoms with Crippen LogP contribution in [0.3, 0.4) is 0 Å². The lowest BCUT2D eigenvalue weighted by molar-refractivity contribution is -0.192. The Morgan fingerprint density at radius 2 is 1.85 bits per heavy atom. The minimum atomic E-state index is -5.08. The number of carboxylic acid groups (broad SMARTS) is 1. The Hall–Kier alpha value is -2.05. The number of alkyl halides is 3. The fourth-order valence-corrected chi connectivity index (χ4v) is 4.15. The molecule has 0 spiro atoms. The van der Waals surface area contributed by atoms with Crippen molar-refractivity contribution in [2.75, 3.05) is 32.8 Å². The summed E-state index contributed by atoms with van der Waals surface area (Å²) < 4.78 is 69.5. The van der Waals surface area contributed by atoms with Crippen LogP contribution in [-0.4, -0.2) is 68.9 Å². The number of aliphatic carboxylic acids is 1. The van der Waals surface area contributed by atoms with Crippen LogP contribution in [0, 0.1) is 0 Å². The van der Waals surface area contributed by atoms with Gasteiger partial charge in [-0.25, -0.2) is 13.2 Å². The van der Waals surface area contributed by atoms with Gasteiger partial charge in [-0.3, -0.25) is 0 Å². The number of hydrogen-bond acceptors (Lipinski definition) is 6. The van der Waals surface area contributed by atoms with Crippen molar-refractivity contribution in [2.24, 2.45) is 0 Å². The van der Waals surface area contributed by atoms with Crippen LogP contribution in [0.15, 0.2) is 23.1 Å². The normalized spacial score (nSPS) is 20.4. The number of hydrogen-bond donors (Lipinski definition) is 2.